The van der Waals surface area contributed by atoms with Crippen molar-refractivity contribution in [2.24, 2.45) is 0 Å². The molecule has 1 N–H and O–H groups in total. The Morgan fingerprint density at radius 3 is 2.82 bits per heavy atom. The summed E-state index contributed by atoms with van der Waals surface area (Å²) in [6.07, 6.45) is 0. The van der Waals surface area contributed by atoms with E-state index >= 15 is 0 Å². The third kappa shape index (κ3) is 4.04. The molecule has 0 atom stereocenters. The van der Waals surface area contributed by atoms with Gasteiger partial charge in [0.1, 0.15) is 17.4 Å². The van der Waals surface area contributed by atoms with Crippen molar-refractivity contribution in [1.29, 1.82) is 0 Å². The molecule has 28 heavy (non-hydrogen) atoms. The zero-order valence-corrected chi connectivity index (χ0v) is 16.4. The molecule has 0 radical (unpaired) electrons. The minimum atomic E-state index is -0.305. The highest BCUT2D eigenvalue weighted by Gasteiger charge is 2.14. The Balaban J connectivity index is 1.33. The SMILES string of the molecule is Cc1ccc(OCc2cc(C(=O)NCc3nc4ccccc4s3)no2)cc1C. The first-order chi connectivity index (χ1) is 13.6. The van der Waals surface area contributed by atoms with Gasteiger partial charge in [0.25, 0.3) is 5.91 Å². The number of benzene rings is 2. The lowest BCUT2D eigenvalue weighted by atomic mass is 10.1. The van der Waals surface area contributed by atoms with Crippen LogP contribution in [0.2, 0.25) is 0 Å². The van der Waals surface area contributed by atoms with Crippen molar-refractivity contribution >= 4 is 27.5 Å². The van der Waals surface area contributed by atoms with Crippen molar-refractivity contribution in [1.82, 2.24) is 15.5 Å². The number of carbonyl (C=O) groups excluding carboxylic acids is 1. The molecule has 142 valence electrons. The molecule has 0 aliphatic rings. The van der Waals surface area contributed by atoms with Gasteiger partial charge in [0.05, 0.1) is 16.8 Å². The topological polar surface area (TPSA) is 77.2 Å². The van der Waals surface area contributed by atoms with Crippen molar-refractivity contribution in [3.8, 4) is 5.75 Å². The van der Waals surface area contributed by atoms with Gasteiger partial charge in [-0.1, -0.05) is 23.4 Å². The summed E-state index contributed by atoms with van der Waals surface area (Å²) in [7, 11) is 0. The lowest BCUT2D eigenvalue weighted by Gasteiger charge is -2.06. The summed E-state index contributed by atoms with van der Waals surface area (Å²) in [6, 6.07) is 15.4. The molecule has 0 saturated heterocycles. The van der Waals surface area contributed by atoms with Crippen LogP contribution in [0.1, 0.15) is 32.4 Å². The number of thiazole rings is 1. The molecule has 0 bridgehead atoms. The Kier molecular flexibility index (Phi) is 5.08. The highest BCUT2D eigenvalue weighted by molar-refractivity contribution is 7.18. The maximum atomic E-state index is 12.3. The molecule has 2 aromatic carbocycles. The standard InChI is InChI=1S/C21H19N3O3S/c1-13-7-8-15(9-14(13)2)26-12-16-10-18(24-27-16)21(25)22-11-20-23-17-5-3-4-6-19(17)28-20/h3-10H,11-12H2,1-2H3,(H,22,25). The van der Waals surface area contributed by atoms with Crippen molar-refractivity contribution in [3.63, 3.8) is 0 Å². The van der Waals surface area contributed by atoms with Gasteiger partial charge in [0.15, 0.2) is 11.5 Å². The highest BCUT2D eigenvalue weighted by atomic mass is 32.1. The molecule has 6 nitrogen and oxygen atoms in total. The molecule has 7 heteroatoms. The molecular formula is C21H19N3O3S. The van der Waals surface area contributed by atoms with Crippen LogP contribution in [0.25, 0.3) is 10.2 Å². The summed E-state index contributed by atoms with van der Waals surface area (Å²) in [6.45, 7) is 4.64. The predicted molar refractivity (Wildman–Crippen MR) is 108 cm³/mol. The monoisotopic (exact) mass is 393 g/mol. The molecule has 4 aromatic rings. The van der Waals surface area contributed by atoms with Crippen LogP contribution in [-0.2, 0) is 13.2 Å². The van der Waals surface area contributed by atoms with Crippen LogP contribution in [0.5, 0.6) is 5.75 Å². The first-order valence-corrected chi connectivity index (χ1v) is 9.68. The molecular weight excluding hydrogens is 374 g/mol. The van der Waals surface area contributed by atoms with Gasteiger partial charge in [0, 0.05) is 6.07 Å². The summed E-state index contributed by atoms with van der Waals surface area (Å²) in [4.78, 5) is 16.8. The molecule has 0 saturated carbocycles. The van der Waals surface area contributed by atoms with E-state index in [-0.39, 0.29) is 18.2 Å². The van der Waals surface area contributed by atoms with Crippen LogP contribution in [0.15, 0.2) is 53.1 Å². The predicted octanol–water partition coefficient (Wildman–Crippen LogP) is 4.41. The fourth-order valence-corrected chi connectivity index (χ4v) is 3.60. The van der Waals surface area contributed by atoms with E-state index in [0.29, 0.717) is 12.3 Å². The van der Waals surface area contributed by atoms with Gasteiger partial charge in [-0.25, -0.2) is 4.98 Å². The Morgan fingerprint density at radius 2 is 2.00 bits per heavy atom. The molecule has 0 aliphatic heterocycles. The quantitative estimate of drug-likeness (QED) is 0.525. The number of carbonyl (C=O) groups is 1. The number of aryl methyl sites for hydroxylation is 2. The fourth-order valence-electron chi connectivity index (χ4n) is 2.69. The minimum Gasteiger partial charge on any atom is -0.486 e. The van der Waals surface area contributed by atoms with Crippen LogP contribution in [0.4, 0.5) is 0 Å². The summed E-state index contributed by atoms with van der Waals surface area (Å²) < 4.78 is 12.0. The van der Waals surface area contributed by atoms with Crippen molar-refractivity contribution in [2.45, 2.75) is 27.0 Å². The molecule has 2 heterocycles. The van der Waals surface area contributed by atoms with Crippen molar-refractivity contribution < 1.29 is 14.1 Å². The third-order valence-corrected chi connectivity index (χ3v) is 5.43. The maximum absolute atomic E-state index is 12.3. The summed E-state index contributed by atoms with van der Waals surface area (Å²) in [5, 5.41) is 7.50. The van der Waals surface area contributed by atoms with Gasteiger partial charge < -0.3 is 14.6 Å². The number of hydrogen-bond acceptors (Lipinski definition) is 6. The zero-order chi connectivity index (χ0) is 19.5. The van der Waals surface area contributed by atoms with Crippen LogP contribution < -0.4 is 10.1 Å². The van der Waals surface area contributed by atoms with Crippen molar-refractivity contribution in [2.75, 3.05) is 0 Å². The first kappa shape index (κ1) is 18.2. The molecule has 0 unspecified atom stereocenters. The number of para-hydroxylation sites is 1. The molecule has 0 fully saturated rings. The van der Waals surface area contributed by atoms with Crippen molar-refractivity contribution in [3.05, 3.63) is 76.1 Å². The number of nitrogens with zero attached hydrogens (tertiary/aromatic N) is 2. The number of aromatic nitrogens is 2. The average Bonchev–Trinajstić information content (AvgIpc) is 3.33. The lowest BCUT2D eigenvalue weighted by molar-refractivity contribution is 0.0941. The Hall–Kier alpha value is -3.19. The van der Waals surface area contributed by atoms with Crippen LogP contribution in [-0.4, -0.2) is 16.0 Å². The number of ether oxygens (including phenoxy) is 1. The van der Waals surface area contributed by atoms with Gasteiger partial charge in [-0.3, -0.25) is 4.79 Å². The van der Waals surface area contributed by atoms with Crippen LogP contribution >= 0.6 is 11.3 Å². The number of fused-ring (bicyclic) bond motifs is 1. The Morgan fingerprint density at radius 1 is 1.14 bits per heavy atom. The van der Waals surface area contributed by atoms with E-state index in [1.165, 1.54) is 5.56 Å². The Labute approximate surface area is 166 Å². The maximum Gasteiger partial charge on any atom is 0.273 e. The fraction of sp³-hybridized carbons (Fsp3) is 0.190. The van der Waals surface area contributed by atoms with E-state index in [1.54, 1.807) is 17.4 Å². The van der Waals surface area contributed by atoms with Gasteiger partial charge in [-0.15, -0.1) is 11.3 Å². The first-order valence-electron chi connectivity index (χ1n) is 8.87. The second kappa shape index (κ2) is 7.82. The average molecular weight is 393 g/mol. The van der Waals surface area contributed by atoms with Gasteiger partial charge in [0.2, 0.25) is 0 Å². The largest absolute Gasteiger partial charge is 0.486 e. The smallest absolute Gasteiger partial charge is 0.273 e. The number of nitrogens with one attached hydrogen (secondary N) is 1. The summed E-state index contributed by atoms with van der Waals surface area (Å²) in [5.41, 5.74) is 3.52. The van der Waals surface area contributed by atoms with Crippen LogP contribution in [0, 0.1) is 13.8 Å². The van der Waals surface area contributed by atoms with Gasteiger partial charge >= 0.3 is 0 Å². The van der Waals surface area contributed by atoms with E-state index in [0.717, 1.165) is 26.5 Å². The van der Waals surface area contributed by atoms with Gasteiger partial charge in [-0.2, -0.15) is 0 Å². The van der Waals surface area contributed by atoms with E-state index in [2.05, 4.69) is 22.4 Å². The highest BCUT2D eigenvalue weighted by Crippen LogP contribution is 2.21. The van der Waals surface area contributed by atoms with E-state index in [9.17, 15) is 4.79 Å². The summed E-state index contributed by atoms with van der Waals surface area (Å²) >= 11 is 1.56. The van der Waals surface area contributed by atoms with E-state index < -0.39 is 0 Å². The number of hydrogen-bond donors (Lipinski definition) is 1. The molecule has 2 aromatic heterocycles. The third-order valence-electron chi connectivity index (χ3n) is 4.39. The number of amides is 1. The normalized spacial score (nSPS) is 10.9. The second-order valence-electron chi connectivity index (χ2n) is 6.47. The number of rotatable bonds is 6. The second-order valence-corrected chi connectivity index (χ2v) is 7.59. The van der Waals surface area contributed by atoms with Crippen LogP contribution in [0.3, 0.4) is 0 Å². The molecule has 4 rings (SSSR count). The van der Waals surface area contributed by atoms with Gasteiger partial charge in [-0.05, 0) is 49.2 Å². The molecule has 0 aliphatic carbocycles. The lowest BCUT2D eigenvalue weighted by Crippen LogP contribution is -2.22. The van der Waals surface area contributed by atoms with E-state index in [4.69, 9.17) is 9.26 Å². The summed E-state index contributed by atoms with van der Waals surface area (Å²) in [5.74, 6) is 0.935. The van der Waals surface area contributed by atoms with E-state index in [1.807, 2.05) is 49.4 Å². The minimum absolute atomic E-state index is 0.209. The zero-order valence-electron chi connectivity index (χ0n) is 15.6. The molecule has 1 amide bonds. The molecule has 0 spiro atoms. The Bertz CT molecular complexity index is 1100.